The first kappa shape index (κ1) is 23.7. The number of hydrogen-bond donors (Lipinski definition) is 5. The van der Waals surface area contributed by atoms with Gasteiger partial charge in [0.2, 0.25) is 0 Å². The summed E-state index contributed by atoms with van der Waals surface area (Å²) >= 11 is 0. The fourth-order valence-electron chi connectivity index (χ4n) is 1.89. The first-order valence-corrected chi connectivity index (χ1v) is 7.28. The molecule has 1 fully saturated rings. The van der Waals surface area contributed by atoms with E-state index in [1.807, 2.05) is 0 Å². The van der Waals surface area contributed by atoms with Crippen molar-refractivity contribution >= 4 is 72.8 Å². The third-order valence-corrected chi connectivity index (χ3v) is 3.36. The van der Waals surface area contributed by atoms with E-state index in [1.54, 1.807) is 0 Å². The van der Waals surface area contributed by atoms with Gasteiger partial charge in [0.05, 0.1) is 6.61 Å². The van der Waals surface area contributed by atoms with Gasteiger partial charge in [0, 0.05) is 65.3 Å². The number of phosphoric acid groups is 1. The molecule has 4 atom stereocenters. The number of aliphatic hydroxyl groups is 2. The van der Waals surface area contributed by atoms with Crippen LogP contribution in [0.4, 0.5) is 5.82 Å². The molecule has 14 heteroatoms. The maximum absolute atomic E-state index is 11.6. The van der Waals surface area contributed by atoms with Crippen molar-refractivity contribution in [3.05, 3.63) is 22.7 Å². The maximum Gasteiger partial charge on any atom is 0.469 e. The number of phosphoric ester groups is 1. The van der Waals surface area contributed by atoms with Crippen LogP contribution in [0.5, 0.6) is 0 Å². The van der Waals surface area contributed by atoms with E-state index in [1.165, 1.54) is 12.3 Å². The second kappa shape index (κ2) is 9.39. The van der Waals surface area contributed by atoms with Crippen molar-refractivity contribution in [2.24, 2.45) is 0 Å². The van der Waals surface area contributed by atoms with E-state index < -0.39 is 44.7 Å². The summed E-state index contributed by atoms with van der Waals surface area (Å²) in [4.78, 5) is 32.3. The van der Waals surface area contributed by atoms with Crippen LogP contribution < -0.4 is 11.4 Å². The SMILES string of the molecule is Nc1ccn([C@@H]2O[C@H](COP(=O)(O)O)[C@@H](O)[C@H]2O)c(=O)n1.[Na].[Na]. The Balaban J connectivity index is 0.00000242. The van der Waals surface area contributed by atoms with E-state index in [9.17, 15) is 19.6 Å². The molecule has 11 nitrogen and oxygen atoms in total. The molecule has 6 N–H and O–H groups in total. The van der Waals surface area contributed by atoms with Crippen molar-refractivity contribution in [2.45, 2.75) is 24.5 Å². The van der Waals surface area contributed by atoms with Crippen molar-refractivity contribution in [3.63, 3.8) is 0 Å². The first-order chi connectivity index (χ1) is 9.69. The van der Waals surface area contributed by atoms with Gasteiger partial charge in [0.1, 0.15) is 24.1 Å². The van der Waals surface area contributed by atoms with Crippen LogP contribution in [0, 0.1) is 0 Å². The number of nitrogens with two attached hydrogens (primary N) is 1. The summed E-state index contributed by atoms with van der Waals surface area (Å²) in [5.74, 6) is -0.0225. The van der Waals surface area contributed by atoms with E-state index in [0.29, 0.717) is 0 Å². The van der Waals surface area contributed by atoms with Crippen LogP contribution in [0.1, 0.15) is 6.23 Å². The number of nitrogens with zero attached hydrogens (tertiary/aromatic N) is 2. The Hall–Kier alpha value is 0.670. The third kappa shape index (κ3) is 6.15. The van der Waals surface area contributed by atoms with Gasteiger partial charge in [-0.25, -0.2) is 9.36 Å². The fraction of sp³-hybridized carbons (Fsp3) is 0.556. The second-order valence-electron chi connectivity index (χ2n) is 4.37. The molecule has 1 aliphatic rings. The first-order valence-electron chi connectivity index (χ1n) is 5.75. The number of hydrogen-bond acceptors (Lipinski definition) is 8. The van der Waals surface area contributed by atoms with Gasteiger partial charge in [-0.2, -0.15) is 4.98 Å². The molecule has 1 aromatic heterocycles. The van der Waals surface area contributed by atoms with Crippen molar-refractivity contribution in [1.82, 2.24) is 9.55 Å². The van der Waals surface area contributed by atoms with Crippen LogP contribution in [-0.2, 0) is 13.8 Å². The summed E-state index contributed by atoms with van der Waals surface area (Å²) < 4.78 is 20.9. The van der Waals surface area contributed by atoms with E-state index in [2.05, 4.69) is 9.51 Å². The normalized spacial score (nSPS) is 27.1. The van der Waals surface area contributed by atoms with Crippen molar-refractivity contribution in [2.75, 3.05) is 12.3 Å². The van der Waals surface area contributed by atoms with E-state index in [0.717, 1.165) is 4.57 Å². The Morgan fingerprint density at radius 3 is 2.48 bits per heavy atom. The number of anilines is 1. The number of ether oxygens (including phenoxy) is 1. The zero-order chi connectivity index (χ0) is 15.8. The molecular weight excluding hydrogens is 355 g/mol. The van der Waals surface area contributed by atoms with Crippen molar-refractivity contribution < 1.29 is 33.8 Å². The molecule has 0 aromatic carbocycles. The predicted molar refractivity (Wildman–Crippen MR) is 78.3 cm³/mol. The van der Waals surface area contributed by atoms with Gasteiger partial charge in [0.15, 0.2) is 6.23 Å². The smallest absolute Gasteiger partial charge is 0.387 e. The van der Waals surface area contributed by atoms with Gasteiger partial charge >= 0.3 is 13.5 Å². The zero-order valence-corrected chi connectivity index (χ0v) is 17.4. The molecule has 23 heavy (non-hydrogen) atoms. The number of rotatable bonds is 4. The molecule has 120 valence electrons. The molecule has 2 radical (unpaired) electrons. The molecule has 1 aromatic rings. The number of aromatic nitrogens is 2. The van der Waals surface area contributed by atoms with Crippen LogP contribution in [0.2, 0.25) is 0 Å². The Morgan fingerprint density at radius 2 is 1.96 bits per heavy atom. The van der Waals surface area contributed by atoms with Gasteiger partial charge in [-0.05, 0) is 6.07 Å². The molecule has 2 heterocycles. The molecule has 0 spiro atoms. The van der Waals surface area contributed by atoms with Crippen LogP contribution in [-0.4, -0.2) is 114 Å². The fourth-order valence-corrected chi connectivity index (χ4v) is 2.23. The third-order valence-electron chi connectivity index (χ3n) is 2.87. The Kier molecular flexibility index (Phi) is 9.66. The Bertz CT molecular complexity index is 625. The molecule has 0 aliphatic carbocycles. The van der Waals surface area contributed by atoms with Gasteiger partial charge in [-0.15, -0.1) is 0 Å². The molecule has 0 amide bonds. The topological polar surface area (TPSA) is 177 Å². The van der Waals surface area contributed by atoms with Gasteiger partial charge in [0.25, 0.3) is 0 Å². The molecule has 0 bridgehead atoms. The second-order valence-corrected chi connectivity index (χ2v) is 5.61. The average Bonchev–Trinajstić information content (AvgIpc) is 2.64. The summed E-state index contributed by atoms with van der Waals surface area (Å²) in [5, 5.41) is 19.6. The molecule has 1 saturated heterocycles. The summed E-state index contributed by atoms with van der Waals surface area (Å²) in [6.07, 6.45) is -4.27. The molecule has 0 saturated carbocycles. The monoisotopic (exact) mass is 369 g/mol. The minimum absolute atomic E-state index is 0. The minimum Gasteiger partial charge on any atom is -0.387 e. The van der Waals surface area contributed by atoms with E-state index in [4.69, 9.17) is 20.3 Å². The van der Waals surface area contributed by atoms with Crippen molar-refractivity contribution in [3.8, 4) is 0 Å². The molecule has 2 rings (SSSR count). The summed E-state index contributed by atoms with van der Waals surface area (Å²) in [5.41, 5.74) is 4.52. The molecule has 1 aliphatic heterocycles. The van der Waals surface area contributed by atoms with Gasteiger partial charge in [-0.1, -0.05) is 0 Å². The average molecular weight is 369 g/mol. The standard InChI is InChI=1S/C9H14N3O8P.2Na/c10-5-1-2-12(9(15)11-5)8-7(14)6(13)4(20-8)3-19-21(16,17)18;;/h1-2,4,6-8,13-14H,3H2,(H2,10,11,15)(H2,16,17,18);;/t4-,6-,7-,8-;;/m1../s1. The molecule has 0 unspecified atom stereocenters. The van der Waals surface area contributed by atoms with Crippen LogP contribution >= 0.6 is 7.82 Å². The number of aliphatic hydroxyl groups excluding tert-OH is 2. The van der Waals surface area contributed by atoms with Gasteiger partial charge < -0.3 is 30.5 Å². The van der Waals surface area contributed by atoms with Gasteiger partial charge in [-0.3, -0.25) is 9.09 Å². The van der Waals surface area contributed by atoms with Crippen LogP contribution in [0.25, 0.3) is 0 Å². The molecular formula is C9H14N3Na2O8P. The quantitative estimate of drug-likeness (QED) is 0.268. The van der Waals surface area contributed by atoms with Crippen LogP contribution in [0.15, 0.2) is 17.1 Å². The van der Waals surface area contributed by atoms with Crippen LogP contribution in [0.3, 0.4) is 0 Å². The minimum atomic E-state index is -4.74. The zero-order valence-electron chi connectivity index (χ0n) is 12.5. The van der Waals surface area contributed by atoms with E-state index >= 15 is 0 Å². The van der Waals surface area contributed by atoms with E-state index in [-0.39, 0.29) is 64.9 Å². The maximum atomic E-state index is 11.6. The summed E-state index contributed by atoms with van der Waals surface area (Å²) in [7, 11) is -4.74. The largest absolute Gasteiger partial charge is 0.469 e. The summed E-state index contributed by atoms with van der Waals surface area (Å²) in [6.45, 7) is -0.657. The van der Waals surface area contributed by atoms with Crippen molar-refractivity contribution in [1.29, 1.82) is 0 Å². The Labute approximate surface area is 174 Å². The Morgan fingerprint density at radius 1 is 1.35 bits per heavy atom. The summed E-state index contributed by atoms with van der Waals surface area (Å²) in [6, 6.07) is 1.29. The predicted octanol–water partition coefficient (Wildman–Crippen LogP) is -3.21. The number of nitrogen functional groups attached to an aromatic ring is 1.